The first-order chi connectivity index (χ1) is 10.7. The fourth-order valence-corrected chi connectivity index (χ4v) is 2.81. The molecule has 0 aromatic heterocycles. The molecule has 23 heavy (non-hydrogen) atoms. The SMILES string of the molecule is CC(N)(C(=O)NCC1CCN(CC(F)(F)F)C1)c1ccccc1. The van der Waals surface area contributed by atoms with Crippen molar-refractivity contribution in [2.24, 2.45) is 11.7 Å². The number of nitrogens with one attached hydrogen (secondary N) is 1. The summed E-state index contributed by atoms with van der Waals surface area (Å²) in [5.74, 6) is -0.300. The van der Waals surface area contributed by atoms with E-state index in [4.69, 9.17) is 5.73 Å². The number of carbonyl (C=O) groups excluding carboxylic acids is 1. The van der Waals surface area contributed by atoms with Crippen molar-refractivity contribution < 1.29 is 18.0 Å². The lowest BCUT2D eigenvalue weighted by Crippen LogP contribution is -2.50. The van der Waals surface area contributed by atoms with Gasteiger partial charge in [-0.05, 0) is 31.4 Å². The molecule has 2 atom stereocenters. The summed E-state index contributed by atoms with van der Waals surface area (Å²) in [6.07, 6.45) is -3.54. The smallest absolute Gasteiger partial charge is 0.354 e. The van der Waals surface area contributed by atoms with E-state index in [0.717, 1.165) is 0 Å². The van der Waals surface area contributed by atoms with Gasteiger partial charge in [0.25, 0.3) is 0 Å². The van der Waals surface area contributed by atoms with Gasteiger partial charge in [0.2, 0.25) is 5.91 Å². The Hall–Kier alpha value is -1.60. The van der Waals surface area contributed by atoms with Crippen LogP contribution in [0.5, 0.6) is 0 Å². The maximum atomic E-state index is 12.4. The first-order valence-electron chi connectivity index (χ1n) is 7.60. The van der Waals surface area contributed by atoms with Crippen molar-refractivity contribution in [3.8, 4) is 0 Å². The maximum Gasteiger partial charge on any atom is 0.401 e. The van der Waals surface area contributed by atoms with Crippen LogP contribution in [0.25, 0.3) is 0 Å². The monoisotopic (exact) mass is 329 g/mol. The lowest BCUT2D eigenvalue weighted by molar-refractivity contribution is -0.143. The second-order valence-electron chi connectivity index (χ2n) is 6.28. The number of rotatable bonds is 5. The molecule has 2 unspecified atom stereocenters. The Kier molecular flexibility index (Phi) is 5.31. The highest BCUT2D eigenvalue weighted by atomic mass is 19.4. The van der Waals surface area contributed by atoms with E-state index in [1.165, 1.54) is 4.90 Å². The van der Waals surface area contributed by atoms with Crippen LogP contribution in [0.15, 0.2) is 30.3 Å². The van der Waals surface area contributed by atoms with E-state index in [2.05, 4.69) is 5.32 Å². The highest BCUT2D eigenvalue weighted by molar-refractivity contribution is 5.86. The Morgan fingerprint density at radius 3 is 2.61 bits per heavy atom. The van der Waals surface area contributed by atoms with Gasteiger partial charge in [0, 0.05) is 13.1 Å². The summed E-state index contributed by atoms with van der Waals surface area (Å²) in [6, 6.07) is 9.01. The van der Waals surface area contributed by atoms with Crippen LogP contribution in [0, 0.1) is 5.92 Å². The maximum absolute atomic E-state index is 12.4. The summed E-state index contributed by atoms with van der Waals surface area (Å²) < 4.78 is 37.1. The van der Waals surface area contributed by atoms with Gasteiger partial charge in [0.15, 0.2) is 0 Å². The molecule has 1 heterocycles. The molecule has 1 aromatic carbocycles. The highest BCUT2D eigenvalue weighted by Crippen LogP contribution is 2.23. The number of alkyl halides is 3. The number of nitrogens with two attached hydrogens (primary N) is 1. The number of carbonyl (C=O) groups is 1. The van der Waals surface area contributed by atoms with Crippen molar-refractivity contribution >= 4 is 5.91 Å². The topological polar surface area (TPSA) is 58.4 Å². The average Bonchev–Trinajstić information content (AvgIpc) is 2.91. The van der Waals surface area contributed by atoms with E-state index >= 15 is 0 Å². The van der Waals surface area contributed by atoms with Gasteiger partial charge in [-0.1, -0.05) is 30.3 Å². The second-order valence-corrected chi connectivity index (χ2v) is 6.28. The first kappa shape index (κ1) is 17.7. The van der Waals surface area contributed by atoms with Gasteiger partial charge >= 0.3 is 6.18 Å². The summed E-state index contributed by atoms with van der Waals surface area (Å²) in [6.45, 7) is 1.82. The van der Waals surface area contributed by atoms with Gasteiger partial charge in [-0.3, -0.25) is 9.69 Å². The molecule has 1 aliphatic rings. The minimum Gasteiger partial charge on any atom is -0.354 e. The van der Waals surface area contributed by atoms with Crippen LogP contribution in [0.4, 0.5) is 13.2 Å². The van der Waals surface area contributed by atoms with E-state index in [1.54, 1.807) is 31.2 Å². The molecule has 128 valence electrons. The lowest BCUT2D eigenvalue weighted by atomic mass is 9.92. The minimum atomic E-state index is -4.18. The first-order valence-corrected chi connectivity index (χ1v) is 7.60. The standard InChI is InChI=1S/C16H22F3N3O/c1-15(20,13-5-3-2-4-6-13)14(23)21-9-12-7-8-22(10-12)11-16(17,18)19/h2-6,12H,7-11,20H2,1H3,(H,21,23). The van der Waals surface area contributed by atoms with Crippen molar-refractivity contribution in [1.82, 2.24) is 10.2 Å². The van der Waals surface area contributed by atoms with Crippen LogP contribution >= 0.6 is 0 Å². The third-order valence-corrected chi connectivity index (χ3v) is 4.17. The van der Waals surface area contributed by atoms with Crippen LogP contribution < -0.4 is 11.1 Å². The normalized spacial score (nSPS) is 21.9. The van der Waals surface area contributed by atoms with Gasteiger partial charge in [-0.15, -0.1) is 0 Å². The molecule has 0 radical (unpaired) electrons. The molecule has 0 bridgehead atoms. The van der Waals surface area contributed by atoms with Crippen molar-refractivity contribution in [3.05, 3.63) is 35.9 Å². The predicted octanol–water partition coefficient (Wildman–Crippen LogP) is 1.86. The fraction of sp³-hybridized carbons (Fsp3) is 0.562. The molecule has 1 fully saturated rings. The molecule has 0 spiro atoms. The van der Waals surface area contributed by atoms with E-state index < -0.39 is 18.3 Å². The summed E-state index contributed by atoms with van der Waals surface area (Å²) in [7, 11) is 0. The summed E-state index contributed by atoms with van der Waals surface area (Å²) in [5, 5.41) is 2.77. The largest absolute Gasteiger partial charge is 0.401 e. The Morgan fingerprint density at radius 1 is 1.35 bits per heavy atom. The van der Waals surface area contributed by atoms with Crippen LogP contribution in [-0.4, -0.2) is 43.2 Å². The number of hydrogen-bond donors (Lipinski definition) is 2. The average molecular weight is 329 g/mol. The number of benzene rings is 1. The Labute approximate surface area is 133 Å². The number of amides is 1. The van der Waals surface area contributed by atoms with Gasteiger partial charge in [0.05, 0.1) is 6.54 Å². The third kappa shape index (κ3) is 4.94. The van der Waals surface area contributed by atoms with Gasteiger partial charge in [-0.25, -0.2) is 0 Å². The van der Waals surface area contributed by atoms with Crippen LogP contribution in [0.3, 0.4) is 0 Å². The highest BCUT2D eigenvalue weighted by Gasteiger charge is 2.35. The zero-order valence-corrected chi connectivity index (χ0v) is 13.1. The Bertz CT molecular complexity index is 531. The van der Waals surface area contributed by atoms with Gasteiger partial charge in [0.1, 0.15) is 5.54 Å². The van der Waals surface area contributed by atoms with Crippen molar-refractivity contribution in [1.29, 1.82) is 0 Å². The van der Waals surface area contributed by atoms with Crippen LogP contribution in [-0.2, 0) is 10.3 Å². The van der Waals surface area contributed by atoms with Crippen molar-refractivity contribution in [2.75, 3.05) is 26.2 Å². The molecule has 1 saturated heterocycles. The third-order valence-electron chi connectivity index (χ3n) is 4.17. The lowest BCUT2D eigenvalue weighted by Gasteiger charge is -2.25. The summed E-state index contributed by atoms with van der Waals surface area (Å²) in [5.41, 5.74) is 5.64. The predicted molar refractivity (Wildman–Crippen MR) is 81.6 cm³/mol. The zero-order chi connectivity index (χ0) is 17.1. The van der Waals surface area contributed by atoms with Gasteiger partial charge in [-0.2, -0.15) is 13.2 Å². The Morgan fingerprint density at radius 2 is 2.00 bits per heavy atom. The van der Waals surface area contributed by atoms with Crippen molar-refractivity contribution in [2.45, 2.75) is 25.1 Å². The number of nitrogens with zero attached hydrogens (tertiary/aromatic N) is 1. The number of halogens is 3. The fourth-order valence-electron chi connectivity index (χ4n) is 2.81. The van der Waals surface area contributed by atoms with E-state index in [-0.39, 0.29) is 11.8 Å². The molecule has 7 heteroatoms. The van der Waals surface area contributed by atoms with E-state index in [1.807, 2.05) is 6.07 Å². The molecule has 1 amide bonds. The van der Waals surface area contributed by atoms with Crippen LogP contribution in [0.1, 0.15) is 18.9 Å². The number of likely N-dealkylation sites (tertiary alicyclic amines) is 1. The minimum absolute atomic E-state index is 0.0212. The van der Waals surface area contributed by atoms with E-state index in [0.29, 0.717) is 31.6 Å². The zero-order valence-electron chi connectivity index (χ0n) is 13.1. The molecule has 0 aliphatic carbocycles. The summed E-state index contributed by atoms with van der Waals surface area (Å²) in [4.78, 5) is 13.7. The molecular formula is C16H22F3N3O. The number of hydrogen-bond acceptors (Lipinski definition) is 3. The molecule has 1 aliphatic heterocycles. The quantitative estimate of drug-likeness (QED) is 0.867. The van der Waals surface area contributed by atoms with Crippen molar-refractivity contribution in [3.63, 3.8) is 0 Å². The summed E-state index contributed by atoms with van der Waals surface area (Å²) >= 11 is 0. The Balaban J connectivity index is 1.83. The van der Waals surface area contributed by atoms with Crippen LogP contribution in [0.2, 0.25) is 0 Å². The van der Waals surface area contributed by atoms with Gasteiger partial charge < -0.3 is 11.1 Å². The van der Waals surface area contributed by atoms with E-state index in [9.17, 15) is 18.0 Å². The molecule has 3 N–H and O–H groups in total. The molecule has 1 aromatic rings. The molecule has 2 rings (SSSR count). The second kappa shape index (κ2) is 6.88. The molecular weight excluding hydrogens is 307 g/mol. The molecule has 0 saturated carbocycles. The molecule has 4 nitrogen and oxygen atoms in total.